The average molecular weight is 238 g/mol. The molecule has 1 N–H and O–H groups in total. The summed E-state index contributed by atoms with van der Waals surface area (Å²) in [4.78, 5) is 22.6. The van der Waals surface area contributed by atoms with Crippen molar-refractivity contribution < 1.29 is 24.2 Å². The summed E-state index contributed by atoms with van der Waals surface area (Å²) < 4.78 is 10.0. The molecule has 0 fully saturated rings. The van der Waals surface area contributed by atoms with Crippen molar-refractivity contribution in [2.75, 3.05) is 14.2 Å². The molecule has 0 aliphatic heterocycles. The summed E-state index contributed by atoms with van der Waals surface area (Å²) >= 11 is 0. The normalized spacial score (nSPS) is 11.7. The Hall–Kier alpha value is -2.04. The number of rotatable bonds is 5. The van der Waals surface area contributed by atoms with E-state index in [9.17, 15) is 9.59 Å². The molecule has 1 aromatic carbocycles. The summed E-state index contributed by atoms with van der Waals surface area (Å²) in [5.41, 5.74) is 0.239. The molecule has 0 saturated heterocycles. The van der Waals surface area contributed by atoms with Crippen molar-refractivity contribution in [1.29, 1.82) is 0 Å². The minimum absolute atomic E-state index is 0.239. The minimum atomic E-state index is -1.16. The summed E-state index contributed by atoms with van der Waals surface area (Å²) in [6.07, 6.45) is 0. The molecule has 5 heteroatoms. The molecule has 0 bridgehead atoms. The molecular weight excluding hydrogens is 224 g/mol. The first kappa shape index (κ1) is 13.0. The molecule has 1 unspecified atom stereocenters. The Morgan fingerprint density at radius 1 is 1.24 bits per heavy atom. The maximum atomic E-state index is 11.9. The quantitative estimate of drug-likeness (QED) is 0.623. The molecule has 0 spiro atoms. The van der Waals surface area contributed by atoms with Gasteiger partial charge >= 0.3 is 5.97 Å². The van der Waals surface area contributed by atoms with Gasteiger partial charge in [-0.05, 0) is 19.1 Å². The van der Waals surface area contributed by atoms with Crippen LogP contribution in [-0.4, -0.2) is 31.1 Å². The fourth-order valence-corrected chi connectivity index (χ4v) is 1.35. The summed E-state index contributed by atoms with van der Waals surface area (Å²) in [6, 6.07) is 4.63. The smallest absolute Gasteiger partial charge is 0.314 e. The highest BCUT2D eigenvalue weighted by atomic mass is 16.5. The number of carboxylic acids is 1. The van der Waals surface area contributed by atoms with Crippen LogP contribution in [0.15, 0.2) is 18.2 Å². The van der Waals surface area contributed by atoms with Crippen molar-refractivity contribution in [1.82, 2.24) is 0 Å². The lowest BCUT2D eigenvalue weighted by atomic mass is 9.98. The number of ether oxygens (including phenoxy) is 2. The van der Waals surface area contributed by atoms with E-state index < -0.39 is 17.7 Å². The van der Waals surface area contributed by atoms with Gasteiger partial charge in [0.25, 0.3) is 0 Å². The summed E-state index contributed by atoms with van der Waals surface area (Å²) in [5, 5.41) is 8.79. The van der Waals surface area contributed by atoms with E-state index in [1.165, 1.54) is 27.2 Å². The predicted octanol–water partition coefficient (Wildman–Crippen LogP) is 1.61. The number of carbonyl (C=O) groups excluding carboxylic acids is 1. The van der Waals surface area contributed by atoms with Crippen LogP contribution >= 0.6 is 0 Å². The van der Waals surface area contributed by atoms with Crippen LogP contribution < -0.4 is 9.47 Å². The monoisotopic (exact) mass is 238 g/mol. The van der Waals surface area contributed by atoms with E-state index in [4.69, 9.17) is 14.6 Å². The third-order valence-corrected chi connectivity index (χ3v) is 2.44. The number of hydrogen-bond donors (Lipinski definition) is 1. The van der Waals surface area contributed by atoms with Crippen LogP contribution in [-0.2, 0) is 4.79 Å². The summed E-state index contributed by atoms with van der Waals surface area (Å²) in [6.45, 7) is 1.34. The Labute approximate surface area is 99.0 Å². The molecule has 92 valence electrons. The second kappa shape index (κ2) is 5.34. The van der Waals surface area contributed by atoms with E-state index in [1.54, 1.807) is 12.1 Å². The largest absolute Gasteiger partial charge is 0.497 e. The number of carbonyl (C=O) groups is 2. The molecule has 1 atom stereocenters. The Morgan fingerprint density at radius 3 is 2.35 bits per heavy atom. The van der Waals surface area contributed by atoms with Crippen LogP contribution in [0.5, 0.6) is 11.5 Å². The van der Waals surface area contributed by atoms with E-state index >= 15 is 0 Å². The zero-order valence-electron chi connectivity index (χ0n) is 9.89. The first-order chi connectivity index (χ1) is 8.01. The number of methoxy groups -OCH3 is 2. The maximum Gasteiger partial charge on any atom is 0.314 e. The van der Waals surface area contributed by atoms with Crippen molar-refractivity contribution >= 4 is 11.8 Å². The van der Waals surface area contributed by atoms with Crippen molar-refractivity contribution in [3.8, 4) is 11.5 Å². The SMILES string of the molecule is COc1ccc(C(=O)C(C)C(=O)O)c(OC)c1. The van der Waals surface area contributed by atoms with Gasteiger partial charge in [-0.2, -0.15) is 0 Å². The van der Waals surface area contributed by atoms with Gasteiger partial charge in [-0.25, -0.2) is 0 Å². The van der Waals surface area contributed by atoms with Gasteiger partial charge in [0, 0.05) is 6.07 Å². The van der Waals surface area contributed by atoms with Crippen LogP contribution in [0.2, 0.25) is 0 Å². The first-order valence-corrected chi connectivity index (χ1v) is 5.00. The molecule has 0 aliphatic rings. The molecule has 0 aliphatic carbocycles. The Morgan fingerprint density at radius 2 is 1.88 bits per heavy atom. The van der Waals surface area contributed by atoms with Gasteiger partial charge in [0.2, 0.25) is 0 Å². The van der Waals surface area contributed by atoms with E-state index in [2.05, 4.69) is 0 Å². The predicted molar refractivity (Wildman–Crippen MR) is 60.7 cm³/mol. The lowest BCUT2D eigenvalue weighted by molar-refractivity contribution is -0.139. The van der Waals surface area contributed by atoms with E-state index in [0.717, 1.165) is 0 Å². The minimum Gasteiger partial charge on any atom is -0.497 e. The first-order valence-electron chi connectivity index (χ1n) is 5.00. The van der Waals surface area contributed by atoms with Gasteiger partial charge in [0.05, 0.1) is 19.8 Å². The van der Waals surface area contributed by atoms with Crippen molar-refractivity contribution in [3.05, 3.63) is 23.8 Å². The highest BCUT2D eigenvalue weighted by Gasteiger charge is 2.24. The zero-order chi connectivity index (χ0) is 13.0. The molecule has 1 rings (SSSR count). The number of benzene rings is 1. The third-order valence-electron chi connectivity index (χ3n) is 2.44. The molecule has 0 amide bonds. The zero-order valence-corrected chi connectivity index (χ0v) is 9.89. The van der Waals surface area contributed by atoms with Crippen LogP contribution in [0.25, 0.3) is 0 Å². The van der Waals surface area contributed by atoms with Crippen LogP contribution in [0.3, 0.4) is 0 Å². The fraction of sp³-hybridized carbons (Fsp3) is 0.333. The molecule has 0 saturated carbocycles. The Balaban J connectivity index is 3.13. The highest BCUT2D eigenvalue weighted by Crippen LogP contribution is 2.26. The van der Waals surface area contributed by atoms with Crippen molar-refractivity contribution in [3.63, 3.8) is 0 Å². The summed E-state index contributed by atoms with van der Waals surface area (Å²) in [7, 11) is 2.91. The van der Waals surface area contributed by atoms with Crippen LogP contribution in [0.4, 0.5) is 0 Å². The number of ketones is 1. The number of Topliss-reactive ketones (excluding diaryl/α,β-unsaturated/α-hetero) is 1. The van der Waals surface area contributed by atoms with Gasteiger partial charge in [-0.15, -0.1) is 0 Å². The third kappa shape index (κ3) is 2.75. The van der Waals surface area contributed by atoms with Gasteiger partial charge in [-0.1, -0.05) is 0 Å². The van der Waals surface area contributed by atoms with Gasteiger partial charge in [-0.3, -0.25) is 9.59 Å². The van der Waals surface area contributed by atoms with Gasteiger partial charge < -0.3 is 14.6 Å². The number of hydrogen-bond acceptors (Lipinski definition) is 4. The van der Waals surface area contributed by atoms with Gasteiger partial charge in [0.1, 0.15) is 17.4 Å². The number of aliphatic carboxylic acids is 1. The molecular formula is C12H14O5. The molecule has 0 aromatic heterocycles. The highest BCUT2D eigenvalue weighted by molar-refractivity contribution is 6.09. The van der Waals surface area contributed by atoms with Crippen LogP contribution in [0.1, 0.15) is 17.3 Å². The molecule has 17 heavy (non-hydrogen) atoms. The molecule has 0 radical (unpaired) electrons. The lowest BCUT2D eigenvalue weighted by Gasteiger charge is -2.11. The van der Waals surface area contributed by atoms with E-state index in [1.807, 2.05) is 0 Å². The van der Waals surface area contributed by atoms with E-state index in [-0.39, 0.29) is 5.56 Å². The van der Waals surface area contributed by atoms with Crippen LogP contribution in [0, 0.1) is 5.92 Å². The maximum absolute atomic E-state index is 11.9. The van der Waals surface area contributed by atoms with Crippen molar-refractivity contribution in [2.45, 2.75) is 6.92 Å². The lowest BCUT2D eigenvalue weighted by Crippen LogP contribution is -2.21. The molecule has 1 aromatic rings. The average Bonchev–Trinajstić information content (AvgIpc) is 2.35. The molecule has 5 nitrogen and oxygen atoms in total. The second-order valence-electron chi connectivity index (χ2n) is 3.49. The van der Waals surface area contributed by atoms with Gasteiger partial charge in [0.15, 0.2) is 5.78 Å². The Kier molecular flexibility index (Phi) is 4.09. The standard InChI is InChI=1S/C12H14O5/c1-7(12(14)15)11(13)9-5-4-8(16-2)6-10(9)17-3/h4-7H,1-3H3,(H,14,15). The van der Waals surface area contributed by atoms with Crippen molar-refractivity contribution in [2.24, 2.45) is 5.92 Å². The van der Waals surface area contributed by atoms with E-state index in [0.29, 0.717) is 11.5 Å². The molecule has 0 heterocycles. The topological polar surface area (TPSA) is 72.8 Å². The summed E-state index contributed by atoms with van der Waals surface area (Å²) in [5.74, 6) is -1.90. The fourth-order valence-electron chi connectivity index (χ4n) is 1.35. The number of carboxylic acid groups (broad SMARTS) is 1. The Bertz CT molecular complexity index is 439. The second-order valence-corrected chi connectivity index (χ2v) is 3.49.